The van der Waals surface area contributed by atoms with Crippen molar-refractivity contribution >= 4 is 21.6 Å². The molecule has 2 rings (SSSR count). The molecule has 0 bridgehead atoms. The monoisotopic (exact) mass is 348 g/mol. The number of aryl methyl sites for hydroxylation is 2. The van der Waals surface area contributed by atoms with Gasteiger partial charge >= 0.3 is 0 Å². The molecule has 7 heteroatoms. The van der Waals surface area contributed by atoms with Gasteiger partial charge in [0.25, 0.3) is 0 Å². The molecule has 0 heterocycles. The smallest absolute Gasteiger partial charge is 0.240 e. The Morgan fingerprint density at radius 1 is 1.12 bits per heavy atom. The van der Waals surface area contributed by atoms with Crippen LogP contribution in [-0.2, 0) is 21.2 Å². The van der Waals surface area contributed by atoms with Crippen LogP contribution in [0.4, 0.5) is 5.69 Å². The quantitative estimate of drug-likeness (QED) is 0.697. The molecule has 0 saturated heterocycles. The fourth-order valence-corrected chi connectivity index (χ4v) is 2.90. The van der Waals surface area contributed by atoms with E-state index in [1.807, 2.05) is 6.92 Å². The zero-order valence-corrected chi connectivity index (χ0v) is 14.4. The number of benzene rings is 2. The van der Waals surface area contributed by atoms with Crippen LogP contribution in [0.1, 0.15) is 17.5 Å². The van der Waals surface area contributed by atoms with Crippen LogP contribution in [0.15, 0.2) is 47.4 Å². The highest BCUT2D eigenvalue weighted by atomic mass is 32.2. The highest BCUT2D eigenvalue weighted by Gasteiger charge is 2.11. The van der Waals surface area contributed by atoms with Crippen molar-refractivity contribution < 1.29 is 18.3 Å². The molecule has 0 aliphatic rings. The lowest BCUT2D eigenvalue weighted by atomic mass is 10.1. The summed E-state index contributed by atoms with van der Waals surface area (Å²) in [4.78, 5) is 12.2. The van der Waals surface area contributed by atoms with E-state index in [0.29, 0.717) is 12.1 Å². The van der Waals surface area contributed by atoms with Crippen LogP contribution < -0.4 is 10.0 Å². The van der Waals surface area contributed by atoms with E-state index in [9.17, 15) is 18.3 Å². The van der Waals surface area contributed by atoms with Gasteiger partial charge in [-0.3, -0.25) is 4.79 Å². The van der Waals surface area contributed by atoms with E-state index >= 15 is 0 Å². The largest absolute Gasteiger partial charge is 0.506 e. The van der Waals surface area contributed by atoms with Crippen molar-refractivity contribution in [2.45, 2.75) is 24.7 Å². The van der Waals surface area contributed by atoms with Crippen molar-refractivity contribution in [1.29, 1.82) is 0 Å². The Bertz CT molecular complexity index is 830. The minimum Gasteiger partial charge on any atom is -0.506 e. The van der Waals surface area contributed by atoms with Gasteiger partial charge in [-0.25, -0.2) is 13.1 Å². The zero-order valence-electron chi connectivity index (χ0n) is 13.5. The fourth-order valence-electron chi connectivity index (χ4n) is 2.17. The standard InChI is InChI=1S/C17H20N2O4S/c1-12-3-9-15(16(20)11-12)19-17(21)10-6-13-4-7-14(8-5-13)24(22,23)18-2/h3-5,7-9,11,18,20H,6,10H2,1-2H3,(H,19,21). The SMILES string of the molecule is CNS(=O)(=O)c1ccc(CCC(=O)Nc2ccc(C)cc2O)cc1. The Morgan fingerprint density at radius 2 is 1.79 bits per heavy atom. The zero-order chi connectivity index (χ0) is 17.7. The van der Waals surface area contributed by atoms with Crippen molar-refractivity contribution in [2.24, 2.45) is 0 Å². The maximum Gasteiger partial charge on any atom is 0.240 e. The summed E-state index contributed by atoms with van der Waals surface area (Å²) >= 11 is 0. The first-order valence-corrected chi connectivity index (χ1v) is 8.92. The highest BCUT2D eigenvalue weighted by molar-refractivity contribution is 7.89. The van der Waals surface area contributed by atoms with Crippen LogP contribution in [0.3, 0.4) is 0 Å². The second-order valence-electron chi connectivity index (χ2n) is 5.42. The average molecular weight is 348 g/mol. The molecule has 2 aromatic carbocycles. The van der Waals surface area contributed by atoms with Crippen LogP contribution in [0.2, 0.25) is 0 Å². The molecule has 1 amide bonds. The number of phenols is 1. The third-order valence-electron chi connectivity index (χ3n) is 3.57. The number of hydrogen-bond acceptors (Lipinski definition) is 4. The molecule has 0 atom stereocenters. The van der Waals surface area contributed by atoms with Gasteiger partial charge in [-0.1, -0.05) is 18.2 Å². The summed E-state index contributed by atoms with van der Waals surface area (Å²) in [5.74, 6) is -0.189. The predicted octanol–water partition coefficient (Wildman–Crippen LogP) is 2.18. The normalized spacial score (nSPS) is 11.2. The first-order valence-electron chi connectivity index (χ1n) is 7.44. The van der Waals surface area contributed by atoms with Crippen LogP contribution in [0.25, 0.3) is 0 Å². The molecule has 3 N–H and O–H groups in total. The Kier molecular flexibility index (Phi) is 5.58. The van der Waals surface area contributed by atoms with Crippen molar-refractivity contribution in [3.05, 3.63) is 53.6 Å². The number of aromatic hydroxyl groups is 1. The first kappa shape index (κ1) is 18.0. The Hall–Kier alpha value is -2.38. The van der Waals surface area contributed by atoms with E-state index < -0.39 is 10.0 Å². The van der Waals surface area contributed by atoms with Crippen LogP contribution >= 0.6 is 0 Å². The van der Waals surface area contributed by atoms with E-state index in [0.717, 1.165) is 11.1 Å². The average Bonchev–Trinajstić information content (AvgIpc) is 2.56. The Morgan fingerprint density at radius 3 is 2.38 bits per heavy atom. The number of carbonyl (C=O) groups excluding carboxylic acids is 1. The summed E-state index contributed by atoms with van der Waals surface area (Å²) in [5.41, 5.74) is 2.14. The number of nitrogens with one attached hydrogen (secondary N) is 2. The van der Waals surface area contributed by atoms with Gasteiger partial charge in [-0.15, -0.1) is 0 Å². The summed E-state index contributed by atoms with van der Waals surface area (Å²) < 4.78 is 25.5. The fraction of sp³-hybridized carbons (Fsp3) is 0.235. The lowest BCUT2D eigenvalue weighted by molar-refractivity contribution is -0.116. The number of rotatable bonds is 6. The lowest BCUT2D eigenvalue weighted by Crippen LogP contribution is -2.18. The molecule has 0 spiro atoms. The third kappa shape index (κ3) is 4.56. The van der Waals surface area contributed by atoms with Crippen molar-refractivity contribution in [1.82, 2.24) is 4.72 Å². The van der Waals surface area contributed by atoms with Gasteiger partial charge in [0.05, 0.1) is 10.6 Å². The minimum atomic E-state index is -3.45. The van der Waals surface area contributed by atoms with Gasteiger partial charge in [0, 0.05) is 6.42 Å². The molecular formula is C17H20N2O4S. The van der Waals surface area contributed by atoms with E-state index in [-0.39, 0.29) is 23.0 Å². The highest BCUT2D eigenvalue weighted by Crippen LogP contribution is 2.24. The summed E-state index contributed by atoms with van der Waals surface area (Å²) in [6.07, 6.45) is 0.698. The van der Waals surface area contributed by atoms with Crippen molar-refractivity contribution in [3.8, 4) is 5.75 Å². The van der Waals surface area contributed by atoms with E-state index in [4.69, 9.17) is 0 Å². The molecular weight excluding hydrogens is 328 g/mol. The molecule has 0 radical (unpaired) electrons. The molecule has 24 heavy (non-hydrogen) atoms. The third-order valence-corrected chi connectivity index (χ3v) is 5.00. The molecule has 6 nitrogen and oxygen atoms in total. The Labute approximate surface area is 141 Å². The minimum absolute atomic E-state index is 0.0324. The maximum atomic E-state index is 12.0. The predicted molar refractivity (Wildman–Crippen MR) is 92.5 cm³/mol. The number of anilines is 1. The molecule has 0 aromatic heterocycles. The summed E-state index contributed by atoms with van der Waals surface area (Å²) in [7, 11) is -2.10. The second kappa shape index (κ2) is 7.46. The van der Waals surface area contributed by atoms with Crippen molar-refractivity contribution in [3.63, 3.8) is 0 Å². The number of phenolic OH excluding ortho intramolecular Hbond substituents is 1. The molecule has 0 aliphatic heterocycles. The number of carbonyl (C=O) groups is 1. The van der Waals surface area contributed by atoms with Crippen LogP contribution in [0.5, 0.6) is 5.75 Å². The molecule has 0 fully saturated rings. The molecule has 0 unspecified atom stereocenters. The van der Waals surface area contributed by atoms with Gasteiger partial charge in [0.15, 0.2) is 0 Å². The number of amides is 1. The second-order valence-corrected chi connectivity index (χ2v) is 7.31. The topological polar surface area (TPSA) is 95.5 Å². The maximum absolute atomic E-state index is 12.0. The number of sulfonamides is 1. The molecule has 2 aromatic rings. The van der Waals surface area contributed by atoms with Gasteiger partial charge in [-0.05, 0) is 55.8 Å². The van der Waals surface area contributed by atoms with Crippen LogP contribution in [0, 0.1) is 6.92 Å². The summed E-state index contributed by atoms with van der Waals surface area (Å²) in [6, 6.07) is 11.4. The van der Waals surface area contributed by atoms with E-state index in [1.165, 1.54) is 19.2 Å². The van der Waals surface area contributed by atoms with Gasteiger partial charge in [-0.2, -0.15) is 0 Å². The summed E-state index contributed by atoms with van der Waals surface area (Å²) in [6.45, 7) is 1.85. The Balaban J connectivity index is 1.94. The molecule has 0 aliphatic carbocycles. The van der Waals surface area contributed by atoms with Crippen LogP contribution in [-0.4, -0.2) is 26.5 Å². The van der Waals surface area contributed by atoms with Crippen molar-refractivity contribution in [2.75, 3.05) is 12.4 Å². The summed E-state index contributed by atoms with van der Waals surface area (Å²) in [5, 5.41) is 12.4. The van der Waals surface area contributed by atoms with E-state index in [1.54, 1.807) is 30.3 Å². The van der Waals surface area contributed by atoms with Gasteiger partial charge in [0.1, 0.15) is 5.75 Å². The number of hydrogen-bond donors (Lipinski definition) is 3. The van der Waals surface area contributed by atoms with E-state index in [2.05, 4.69) is 10.0 Å². The first-order chi connectivity index (χ1) is 11.3. The molecule has 128 valence electrons. The van der Waals surface area contributed by atoms with Gasteiger partial charge < -0.3 is 10.4 Å². The lowest BCUT2D eigenvalue weighted by Gasteiger charge is -2.08. The van der Waals surface area contributed by atoms with Gasteiger partial charge in [0.2, 0.25) is 15.9 Å². The molecule has 0 saturated carbocycles.